The number of benzene rings is 2. The first-order valence-electron chi connectivity index (χ1n) is 5.43. The Kier molecular flexibility index (Phi) is 2.50. The van der Waals surface area contributed by atoms with Crippen molar-refractivity contribution in [2.75, 3.05) is 0 Å². The Morgan fingerprint density at radius 1 is 1.26 bits per heavy atom. The number of phenols is 1. The number of non-ortho nitro benzene ring substituents is 1. The number of aromatic nitrogens is 1. The van der Waals surface area contributed by atoms with Crippen LogP contribution in [0.2, 0.25) is 5.02 Å². The van der Waals surface area contributed by atoms with Crippen LogP contribution >= 0.6 is 11.6 Å². The van der Waals surface area contributed by atoms with Crippen molar-refractivity contribution >= 4 is 39.1 Å². The van der Waals surface area contributed by atoms with Gasteiger partial charge in [-0.3, -0.25) is 10.1 Å². The second kappa shape index (κ2) is 4.07. The van der Waals surface area contributed by atoms with Crippen LogP contribution < -0.4 is 0 Å². The van der Waals surface area contributed by atoms with E-state index in [2.05, 4.69) is 4.98 Å². The fourth-order valence-corrected chi connectivity index (χ4v) is 2.22. The smallest absolute Gasteiger partial charge is 0.297 e. The van der Waals surface area contributed by atoms with E-state index in [0.717, 1.165) is 11.5 Å². The van der Waals surface area contributed by atoms with Gasteiger partial charge in [-0.1, -0.05) is 29.8 Å². The minimum Gasteiger partial charge on any atom is -0.506 e. The molecule has 19 heavy (non-hydrogen) atoms. The summed E-state index contributed by atoms with van der Waals surface area (Å²) in [6.45, 7) is 0. The van der Waals surface area contributed by atoms with Gasteiger partial charge < -0.3 is 5.11 Å². The molecule has 6 heteroatoms. The molecule has 1 N–H and O–H groups in total. The van der Waals surface area contributed by atoms with E-state index in [-0.39, 0.29) is 27.4 Å². The fourth-order valence-electron chi connectivity index (χ4n) is 2.02. The third kappa shape index (κ3) is 1.75. The van der Waals surface area contributed by atoms with Gasteiger partial charge in [0.15, 0.2) is 5.52 Å². The van der Waals surface area contributed by atoms with Gasteiger partial charge in [0.05, 0.1) is 20.8 Å². The molecule has 0 saturated heterocycles. The van der Waals surface area contributed by atoms with Crippen LogP contribution in [0.25, 0.3) is 21.8 Å². The number of nitro groups is 1. The maximum absolute atomic E-state index is 11.0. The summed E-state index contributed by atoms with van der Waals surface area (Å²) in [6.07, 6.45) is 0. The minimum atomic E-state index is -0.560. The van der Waals surface area contributed by atoms with E-state index in [1.54, 1.807) is 18.2 Å². The molecule has 0 unspecified atom stereocenters. The van der Waals surface area contributed by atoms with Crippen LogP contribution in [-0.4, -0.2) is 15.0 Å². The highest BCUT2D eigenvalue weighted by Crippen LogP contribution is 2.38. The Labute approximate surface area is 112 Å². The van der Waals surface area contributed by atoms with Crippen molar-refractivity contribution in [3.05, 3.63) is 51.5 Å². The van der Waals surface area contributed by atoms with Crippen LogP contribution in [0.1, 0.15) is 0 Å². The predicted molar refractivity (Wildman–Crippen MR) is 72.6 cm³/mol. The summed E-state index contributed by atoms with van der Waals surface area (Å²) in [5, 5.41) is 22.0. The summed E-state index contributed by atoms with van der Waals surface area (Å²) in [5.74, 6) is -0.194. The first-order valence-corrected chi connectivity index (χ1v) is 5.81. The lowest BCUT2D eigenvalue weighted by molar-refractivity contribution is -0.383. The van der Waals surface area contributed by atoms with E-state index in [1.807, 2.05) is 12.1 Å². The average molecular weight is 275 g/mol. The first kappa shape index (κ1) is 11.7. The maximum Gasteiger partial charge on any atom is 0.297 e. The van der Waals surface area contributed by atoms with E-state index >= 15 is 0 Å². The quantitative estimate of drug-likeness (QED) is 0.417. The normalized spacial score (nSPS) is 11.0. The lowest BCUT2D eigenvalue weighted by atomic mass is 10.1. The summed E-state index contributed by atoms with van der Waals surface area (Å²) in [7, 11) is 0. The van der Waals surface area contributed by atoms with E-state index < -0.39 is 4.92 Å². The van der Waals surface area contributed by atoms with Gasteiger partial charge in [-0.2, -0.15) is 0 Å². The number of nitrogens with zero attached hydrogens (tertiary/aromatic N) is 2. The van der Waals surface area contributed by atoms with Crippen LogP contribution in [-0.2, 0) is 0 Å². The molecule has 0 spiro atoms. The van der Waals surface area contributed by atoms with Crippen molar-refractivity contribution in [3.8, 4) is 5.75 Å². The summed E-state index contributed by atoms with van der Waals surface area (Å²) in [5.41, 5.74) is 0.536. The van der Waals surface area contributed by atoms with E-state index in [4.69, 9.17) is 11.6 Å². The summed E-state index contributed by atoms with van der Waals surface area (Å²) < 4.78 is 0. The molecule has 0 aliphatic rings. The van der Waals surface area contributed by atoms with Crippen LogP contribution in [0.3, 0.4) is 0 Å². The van der Waals surface area contributed by atoms with Crippen LogP contribution in [0.15, 0.2) is 36.4 Å². The molecule has 0 saturated carbocycles. The van der Waals surface area contributed by atoms with Crippen molar-refractivity contribution in [2.24, 2.45) is 0 Å². The molecule has 0 amide bonds. The molecule has 94 valence electrons. The van der Waals surface area contributed by atoms with Gasteiger partial charge in [-0.05, 0) is 12.1 Å². The van der Waals surface area contributed by atoms with Gasteiger partial charge in [0.2, 0.25) is 0 Å². The zero-order valence-corrected chi connectivity index (χ0v) is 10.3. The van der Waals surface area contributed by atoms with E-state index in [1.165, 1.54) is 0 Å². The molecule has 1 heterocycles. The lowest BCUT2D eigenvalue weighted by Gasteiger charge is -2.05. The number of nitro benzene ring substituents is 1. The third-order valence-corrected chi connectivity index (χ3v) is 3.20. The highest BCUT2D eigenvalue weighted by molar-refractivity contribution is 6.33. The van der Waals surface area contributed by atoms with Crippen molar-refractivity contribution < 1.29 is 10.0 Å². The summed E-state index contributed by atoms with van der Waals surface area (Å²) in [6, 6.07) is 9.94. The number of rotatable bonds is 1. The second-order valence-electron chi connectivity index (χ2n) is 4.06. The van der Waals surface area contributed by atoms with Crippen molar-refractivity contribution in [3.63, 3.8) is 0 Å². The lowest BCUT2D eigenvalue weighted by Crippen LogP contribution is -1.93. The number of fused-ring (bicyclic) bond motifs is 2. The van der Waals surface area contributed by atoms with Crippen molar-refractivity contribution in [1.29, 1.82) is 0 Å². The zero-order chi connectivity index (χ0) is 13.6. The van der Waals surface area contributed by atoms with Gasteiger partial charge in [0.1, 0.15) is 5.75 Å². The molecule has 0 aliphatic carbocycles. The molecule has 0 aliphatic heterocycles. The third-order valence-electron chi connectivity index (χ3n) is 2.91. The first-order chi connectivity index (χ1) is 9.08. The number of para-hydroxylation sites is 1. The SMILES string of the molecule is O=[N+]([O-])c1cc(Cl)c(O)c2cc3ccccc3nc12. The van der Waals surface area contributed by atoms with Crippen molar-refractivity contribution in [1.82, 2.24) is 4.98 Å². The number of aromatic hydroxyl groups is 1. The molecule has 3 aromatic rings. The Bertz CT molecular complexity index is 833. The summed E-state index contributed by atoms with van der Waals surface area (Å²) >= 11 is 5.81. The fraction of sp³-hybridized carbons (Fsp3) is 0. The number of hydrogen-bond acceptors (Lipinski definition) is 4. The minimum absolute atomic E-state index is 0.0590. The highest BCUT2D eigenvalue weighted by Gasteiger charge is 2.19. The Morgan fingerprint density at radius 2 is 2.00 bits per heavy atom. The number of halogens is 1. The predicted octanol–water partition coefficient (Wildman–Crippen LogP) is 3.66. The van der Waals surface area contributed by atoms with Crippen LogP contribution in [0.4, 0.5) is 5.69 Å². The Hall–Kier alpha value is -2.40. The summed E-state index contributed by atoms with van der Waals surface area (Å²) in [4.78, 5) is 14.7. The standard InChI is InChI=1S/C13H7ClN2O3/c14-9-6-11(16(18)19)12-8(13(9)17)5-7-3-1-2-4-10(7)15-12/h1-6,17H. The number of phenolic OH excluding ortho intramolecular Hbond substituents is 1. The monoisotopic (exact) mass is 274 g/mol. The molecule has 1 aromatic heterocycles. The Morgan fingerprint density at radius 3 is 2.74 bits per heavy atom. The Balaban J connectivity index is 2.55. The van der Waals surface area contributed by atoms with Gasteiger partial charge in [-0.25, -0.2) is 4.98 Å². The molecular formula is C13H7ClN2O3. The van der Waals surface area contributed by atoms with E-state index in [9.17, 15) is 15.2 Å². The molecule has 0 atom stereocenters. The van der Waals surface area contributed by atoms with Crippen LogP contribution in [0.5, 0.6) is 5.75 Å². The molecule has 0 bridgehead atoms. The number of pyridine rings is 1. The largest absolute Gasteiger partial charge is 0.506 e. The highest BCUT2D eigenvalue weighted by atomic mass is 35.5. The molecule has 5 nitrogen and oxygen atoms in total. The zero-order valence-electron chi connectivity index (χ0n) is 9.50. The van der Waals surface area contributed by atoms with Gasteiger partial charge in [-0.15, -0.1) is 0 Å². The number of hydrogen-bond donors (Lipinski definition) is 1. The molecule has 2 aromatic carbocycles. The van der Waals surface area contributed by atoms with E-state index in [0.29, 0.717) is 5.52 Å². The van der Waals surface area contributed by atoms with Gasteiger partial charge in [0.25, 0.3) is 5.69 Å². The molecule has 0 radical (unpaired) electrons. The second-order valence-corrected chi connectivity index (χ2v) is 4.47. The van der Waals surface area contributed by atoms with Gasteiger partial charge in [0, 0.05) is 11.5 Å². The maximum atomic E-state index is 11.0. The molecule has 3 rings (SSSR count). The topological polar surface area (TPSA) is 76.3 Å². The molecular weight excluding hydrogens is 268 g/mol. The molecule has 0 fully saturated rings. The van der Waals surface area contributed by atoms with Crippen molar-refractivity contribution in [2.45, 2.75) is 0 Å². The van der Waals surface area contributed by atoms with Gasteiger partial charge >= 0.3 is 0 Å². The van der Waals surface area contributed by atoms with Crippen LogP contribution in [0, 0.1) is 10.1 Å². The average Bonchev–Trinajstić information content (AvgIpc) is 2.41.